The van der Waals surface area contributed by atoms with Crippen LogP contribution in [0.5, 0.6) is 11.5 Å². The van der Waals surface area contributed by atoms with Crippen LogP contribution in [-0.2, 0) is 0 Å². The number of amides is 1. The zero-order valence-electron chi connectivity index (χ0n) is 14.9. The van der Waals surface area contributed by atoms with Crippen LogP contribution in [-0.4, -0.2) is 24.0 Å². The van der Waals surface area contributed by atoms with Crippen LogP contribution in [0.15, 0.2) is 42.5 Å². The predicted octanol–water partition coefficient (Wildman–Crippen LogP) is 4.42. The summed E-state index contributed by atoms with van der Waals surface area (Å²) in [6.07, 6.45) is 1.73. The molecule has 0 aliphatic rings. The maximum atomic E-state index is 12.3. The molecule has 0 bridgehead atoms. The highest BCUT2D eigenvalue weighted by atomic mass is 16.6. The predicted molar refractivity (Wildman–Crippen MR) is 99.1 cm³/mol. The van der Waals surface area contributed by atoms with E-state index in [0.29, 0.717) is 36.0 Å². The highest BCUT2D eigenvalue weighted by Gasteiger charge is 2.12. The van der Waals surface area contributed by atoms with E-state index in [1.807, 2.05) is 13.8 Å². The number of nitrogens with zero attached hydrogens (tertiary/aromatic N) is 1. The monoisotopic (exact) mass is 358 g/mol. The van der Waals surface area contributed by atoms with Crippen molar-refractivity contribution in [1.82, 2.24) is 0 Å². The van der Waals surface area contributed by atoms with Crippen LogP contribution in [0, 0.1) is 10.1 Å². The average Bonchev–Trinajstić information content (AvgIpc) is 2.65. The molecule has 7 nitrogen and oxygen atoms in total. The van der Waals surface area contributed by atoms with Crippen molar-refractivity contribution in [3.05, 3.63) is 58.1 Å². The summed E-state index contributed by atoms with van der Waals surface area (Å²) in [7, 11) is 0. The SMILES string of the molecule is CCCOc1ccc(NC(=O)c2ccc([N+](=O)[O-])cc2)cc1OCCC. The van der Waals surface area contributed by atoms with E-state index in [9.17, 15) is 14.9 Å². The summed E-state index contributed by atoms with van der Waals surface area (Å²) in [6, 6.07) is 10.6. The summed E-state index contributed by atoms with van der Waals surface area (Å²) >= 11 is 0. The van der Waals surface area contributed by atoms with Gasteiger partial charge in [0, 0.05) is 29.4 Å². The number of nitrogens with one attached hydrogen (secondary N) is 1. The van der Waals surface area contributed by atoms with Gasteiger partial charge in [-0.15, -0.1) is 0 Å². The van der Waals surface area contributed by atoms with E-state index in [1.54, 1.807) is 18.2 Å². The van der Waals surface area contributed by atoms with Gasteiger partial charge in [0.2, 0.25) is 0 Å². The molecule has 0 heterocycles. The maximum Gasteiger partial charge on any atom is 0.269 e. The van der Waals surface area contributed by atoms with Crippen LogP contribution in [0.25, 0.3) is 0 Å². The number of hydrogen-bond acceptors (Lipinski definition) is 5. The summed E-state index contributed by atoms with van der Waals surface area (Å²) in [5.74, 6) is 0.846. The molecule has 0 aromatic heterocycles. The lowest BCUT2D eigenvalue weighted by Gasteiger charge is -2.14. The zero-order valence-corrected chi connectivity index (χ0v) is 14.9. The molecule has 0 aliphatic carbocycles. The smallest absolute Gasteiger partial charge is 0.269 e. The van der Waals surface area contributed by atoms with Crippen LogP contribution in [0.3, 0.4) is 0 Å². The number of benzene rings is 2. The lowest BCUT2D eigenvalue weighted by Crippen LogP contribution is -2.12. The topological polar surface area (TPSA) is 90.7 Å². The molecule has 1 N–H and O–H groups in total. The van der Waals surface area contributed by atoms with Crippen LogP contribution in [0.1, 0.15) is 37.0 Å². The Hall–Kier alpha value is -3.09. The number of ether oxygens (including phenoxy) is 2. The Balaban J connectivity index is 2.14. The molecule has 0 spiro atoms. The van der Waals surface area contributed by atoms with E-state index < -0.39 is 4.92 Å². The van der Waals surface area contributed by atoms with Crippen molar-refractivity contribution in [2.45, 2.75) is 26.7 Å². The molecule has 2 rings (SSSR count). The second kappa shape index (κ2) is 9.41. The Morgan fingerprint density at radius 2 is 1.62 bits per heavy atom. The minimum absolute atomic E-state index is 0.0609. The lowest BCUT2D eigenvalue weighted by atomic mass is 10.2. The molecule has 1 amide bonds. The fraction of sp³-hybridized carbons (Fsp3) is 0.316. The van der Waals surface area contributed by atoms with Crippen molar-refractivity contribution in [3.8, 4) is 11.5 Å². The Kier molecular flexibility index (Phi) is 6.96. The van der Waals surface area contributed by atoms with Crippen molar-refractivity contribution in [3.63, 3.8) is 0 Å². The van der Waals surface area contributed by atoms with Gasteiger partial charge in [-0.2, -0.15) is 0 Å². The van der Waals surface area contributed by atoms with Crippen LogP contribution in [0.2, 0.25) is 0 Å². The first kappa shape index (κ1) is 19.2. The van der Waals surface area contributed by atoms with Gasteiger partial charge in [-0.1, -0.05) is 13.8 Å². The van der Waals surface area contributed by atoms with E-state index in [0.717, 1.165) is 12.8 Å². The summed E-state index contributed by atoms with van der Waals surface area (Å²) < 4.78 is 11.4. The van der Waals surface area contributed by atoms with Gasteiger partial charge in [0.1, 0.15) is 0 Å². The molecule has 7 heteroatoms. The Bertz CT molecular complexity index is 759. The molecule has 2 aromatic rings. The van der Waals surface area contributed by atoms with Crippen LogP contribution >= 0.6 is 0 Å². The molecule has 0 unspecified atom stereocenters. The number of rotatable bonds is 9. The quantitative estimate of drug-likeness (QED) is 0.529. The first-order valence-electron chi connectivity index (χ1n) is 8.50. The van der Waals surface area contributed by atoms with Gasteiger partial charge in [0.05, 0.1) is 18.1 Å². The third-order valence-corrected chi connectivity index (χ3v) is 3.47. The van der Waals surface area contributed by atoms with E-state index in [4.69, 9.17) is 9.47 Å². The van der Waals surface area contributed by atoms with E-state index in [2.05, 4.69) is 5.32 Å². The van der Waals surface area contributed by atoms with Crippen LogP contribution < -0.4 is 14.8 Å². The molecule has 138 valence electrons. The molecule has 0 aliphatic heterocycles. The second-order valence-corrected chi connectivity index (χ2v) is 5.62. The number of anilines is 1. The van der Waals surface area contributed by atoms with Gasteiger partial charge >= 0.3 is 0 Å². The second-order valence-electron chi connectivity index (χ2n) is 5.62. The molecule has 0 saturated heterocycles. The molecule has 0 saturated carbocycles. The first-order chi connectivity index (χ1) is 12.5. The fourth-order valence-corrected chi connectivity index (χ4v) is 2.18. The minimum atomic E-state index is -0.506. The molecule has 0 atom stereocenters. The van der Waals surface area contributed by atoms with E-state index >= 15 is 0 Å². The van der Waals surface area contributed by atoms with Gasteiger partial charge in [-0.25, -0.2) is 0 Å². The highest BCUT2D eigenvalue weighted by Crippen LogP contribution is 2.31. The number of non-ortho nitro benzene ring substituents is 1. The third kappa shape index (κ3) is 5.20. The third-order valence-electron chi connectivity index (χ3n) is 3.47. The number of nitro groups is 1. The minimum Gasteiger partial charge on any atom is -0.490 e. The normalized spacial score (nSPS) is 10.2. The molecule has 0 radical (unpaired) electrons. The Labute approximate surface area is 152 Å². The van der Waals surface area contributed by atoms with Crippen molar-refractivity contribution >= 4 is 17.3 Å². The number of nitro benzene ring substituents is 1. The summed E-state index contributed by atoms with van der Waals surface area (Å²) in [6.45, 7) is 5.15. The molecular weight excluding hydrogens is 336 g/mol. The van der Waals surface area contributed by atoms with Crippen LogP contribution in [0.4, 0.5) is 11.4 Å². The largest absolute Gasteiger partial charge is 0.490 e. The summed E-state index contributed by atoms with van der Waals surface area (Å²) in [4.78, 5) is 22.5. The molecule has 26 heavy (non-hydrogen) atoms. The maximum absolute atomic E-state index is 12.3. The molecule has 0 fully saturated rings. The molecule has 2 aromatic carbocycles. The standard InChI is InChI=1S/C19H22N2O5/c1-3-11-25-17-10-7-15(13-18(17)26-12-4-2)20-19(22)14-5-8-16(9-6-14)21(23)24/h5-10,13H,3-4,11-12H2,1-2H3,(H,20,22). The Morgan fingerprint density at radius 3 is 2.19 bits per heavy atom. The summed E-state index contributed by atoms with van der Waals surface area (Å²) in [5.41, 5.74) is 0.829. The Morgan fingerprint density at radius 1 is 1.00 bits per heavy atom. The zero-order chi connectivity index (χ0) is 18.9. The van der Waals surface area contributed by atoms with Crippen molar-refractivity contribution < 1.29 is 19.2 Å². The van der Waals surface area contributed by atoms with Crippen molar-refractivity contribution in [1.29, 1.82) is 0 Å². The number of carbonyl (C=O) groups is 1. The van der Waals surface area contributed by atoms with E-state index in [-0.39, 0.29) is 11.6 Å². The number of hydrogen-bond donors (Lipinski definition) is 1. The van der Waals surface area contributed by atoms with Crippen molar-refractivity contribution in [2.75, 3.05) is 18.5 Å². The van der Waals surface area contributed by atoms with Gasteiger partial charge in [0.25, 0.3) is 11.6 Å². The van der Waals surface area contributed by atoms with E-state index in [1.165, 1.54) is 24.3 Å². The van der Waals surface area contributed by atoms with Gasteiger partial charge in [-0.05, 0) is 37.1 Å². The fourth-order valence-electron chi connectivity index (χ4n) is 2.18. The lowest BCUT2D eigenvalue weighted by molar-refractivity contribution is -0.384. The molecular formula is C19H22N2O5. The number of carbonyl (C=O) groups excluding carboxylic acids is 1. The highest BCUT2D eigenvalue weighted by molar-refractivity contribution is 6.04. The summed E-state index contributed by atoms with van der Waals surface area (Å²) in [5, 5.41) is 13.4. The van der Waals surface area contributed by atoms with Gasteiger partial charge in [0.15, 0.2) is 11.5 Å². The van der Waals surface area contributed by atoms with Crippen molar-refractivity contribution in [2.24, 2.45) is 0 Å². The average molecular weight is 358 g/mol. The van der Waals surface area contributed by atoms with Gasteiger partial charge < -0.3 is 14.8 Å². The van der Waals surface area contributed by atoms with Gasteiger partial charge in [-0.3, -0.25) is 14.9 Å². The first-order valence-corrected chi connectivity index (χ1v) is 8.50.